The molecule has 122 valence electrons. The fraction of sp³-hybridized carbons (Fsp3) is 0.0870. The van der Waals surface area contributed by atoms with Crippen molar-refractivity contribution in [2.75, 3.05) is 0 Å². The van der Waals surface area contributed by atoms with E-state index in [2.05, 4.69) is 89.7 Å². The summed E-state index contributed by atoms with van der Waals surface area (Å²) in [5.74, 6) is 0.897. The molecule has 0 aliphatic heterocycles. The number of aromatic nitrogens is 2. The number of aryl methyl sites for hydroxylation is 1. The lowest BCUT2D eigenvalue weighted by molar-refractivity contribution is 1.14. The third-order valence-corrected chi connectivity index (χ3v) is 4.51. The van der Waals surface area contributed by atoms with Crippen molar-refractivity contribution >= 4 is 0 Å². The number of benzene rings is 3. The van der Waals surface area contributed by atoms with Crippen LogP contribution in [0, 0.1) is 0 Å². The van der Waals surface area contributed by atoms with Crippen LogP contribution in [0.3, 0.4) is 0 Å². The van der Waals surface area contributed by atoms with Gasteiger partial charge in [0.15, 0.2) is 0 Å². The molecule has 0 spiro atoms. The highest BCUT2D eigenvalue weighted by atomic mass is 14.9. The zero-order chi connectivity index (χ0) is 17.1. The number of nitrogens with zero attached hydrogens (tertiary/aromatic N) is 1. The van der Waals surface area contributed by atoms with Crippen molar-refractivity contribution in [2.45, 2.75) is 13.3 Å². The van der Waals surface area contributed by atoms with Gasteiger partial charge < -0.3 is 4.98 Å². The Hall–Kier alpha value is -3.13. The van der Waals surface area contributed by atoms with Crippen LogP contribution in [0.1, 0.15) is 12.5 Å². The van der Waals surface area contributed by atoms with Crippen molar-refractivity contribution in [3.8, 4) is 33.8 Å². The number of nitrogens with one attached hydrogen (secondary N) is 1. The summed E-state index contributed by atoms with van der Waals surface area (Å²) in [5.41, 5.74) is 7.09. The first-order valence-electron chi connectivity index (χ1n) is 8.63. The third-order valence-electron chi connectivity index (χ3n) is 4.51. The smallest absolute Gasteiger partial charge is 0.137 e. The lowest BCUT2D eigenvalue weighted by atomic mass is 10.0. The van der Waals surface area contributed by atoms with Crippen LogP contribution in [0.4, 0.5) is 0 Å². The van der Waals surface area contributed by atoms with Crippen LogP contribution in [0.5, 0.6) is 0 Å². The van der Waals surface area contributed by atoms with E-state index < -0.39 is 0 Å². The average Bonchev–Trinajstić information content (AvgIpc) is 3.19. The van der Waals surface area contributed by atoms with Gasteiger partial charge in [-0.15, -0.1) is 0 Å². The first kappa shape index (κ1) is 15.4. The second-order valence-corrected chi connectivity index (χ2v) is 6.14. The molecule has 2 nitrogen and oxygen atoms in total. The van der Waals surface area contributed by atoms with Gasteiger partial charge in [-0.3, -0.25) is 0 Å². The number of H-pyrrole nitrogens is 1. The fourth-order valence-electron chi connectivity index (χ4n) is 2.99. The fourth-order valence-corrected chi connectivity index (χ4v) is 2.99. The van der Waals surface area contributed by atoms with E-state index in [9.17, 15) is 0 Å². The minimum atomic E-state index is 0.897. The molecule has 0 saturated heterocycles. The molecule has 0 atom stereocenters. The SMILES string of the molecule is CCc1ccc(-c2cnc(-c3ccc(-c4ccccc4)cc3)[nH]2)cc1. The first-order valence-corrected chi connectivity index (χ1v) is 8.63. The molecule has 0 fully saturated rings. The maximum absolute atomic E-state index is 4.55. The highest BCUT2D eigenvalue weighted by Crippen LogP contribution is 2.25. The molecule has 0 bridgehead atoms. The van der Waals surface area contributed by atoms with Gasteiger partial charge >= 0.3 is 0 Å². The second-order valence-electron chi connectivity index (χ2n) is 6.14. The molecule has 1 N–H and O–H groups in total. The summed E-state index contributed by atoms with van der Waals surface area (Å²) in [5, 5.41) is 0. The Kier molecular flexibility index (Phi) is 4.17. The Morgan fingerprint density at radius 2 is 1.28 bits per heavy atom. The molecule has 25 heavy (non-hydrogen) atoms. The zero-order valence-corrected chi connectivity index (χ0v) is 14.2. The predicted molar refractivity (Wildman–Crippen MR) is 104 cm³/mol. The van der Waals surface area contributed by atoms with Crippen molar-refractivity contribution in [3.63, 3.8) is 0 Å². The zero-order valence-electron chi connectivity index (χ0n) is 14.2. The molecule has 0 aliphatic rings. The number of hydrogen-bond acceptors (Lipinski definition) is 1. The minimum absolute atomic E-state index is 0.897. The van der Waals surface area contributed by atoms with Crippen LogP contribution < -0.4 is 0 Å². The monoisotopic (exact) mass is 324 g/mol. The van der Waals surface area contributed by atoms with Crippen LogP contribution in [0.25, 0.3) is 33.8 Å². The molecule has 2 heteroatoms. The van der Waals surface area contributed by atoms with Gasteiger partial charge in [-0.05, 0) is 28.7 Å². The van der Waals surface area contributed by atoms with Gasteiger partial charge in [0.25, 0.3) is 0 Å². The summed E-state index contributed by atoms with van der Waals surface area (Å²) >= 11 is 0. The van der Waals surface area contributed by atoms with Gasteiger partial charge in [0.05, 0.1) is 11.9 Å². The van der Waals surface area contributed by atoms with Crippen LogP contribution in [-0.2, 0) is 6.42 Å². The van der Waals surface area contributed by atoms with E-state index in [-0.39, 0.29) is 0 Å². The van der Waals surface area contributed by atoms with E-state index in [1.807, 2.05) is 12.3 Å². The van der Waals surface area contributed by atoms with Crippen LogP contribution in [-0.4, -0.2) is 9.97 Å². The van der Waals surface area contributed by atoms with Gasteiger partial charge in [0.1, 0.15) is 5.82 Å². The molecular formula is C23H20N2. The van der Waals surface area contributed by atoms with Crippen LogP contribution >= 0.6 is 0 Å². The van der Waals surface area contributed by atoms with Gasteiger partial charge in [-0.2, -0.15) is 0 Å². The number of imidazole rings is 1. The minimum Gasteiger partial charge on any atom is -0.338 e. The van der Waals surface area contributed by atoms with Crippen molar-refractivity contribution in [1.82, 2.24) is 9.97 Å². The maximum atomic E-state index is 4.55. The molecule has 1 heterocycles. The van der Waals surface area contributed by atoms with Crippen molar-refractivity contribution < 1.29 is 0 Å². The highest BCUT2D eigenvalue weighted by molar-refractivity contribution is 5.69. The van der Waals surface area contributed by atoms with Crippen LogP contribution in [0.2, 0.25) is 0 Å². The standard InChI is InChI=1S/C23H20N2/c1-2-17-8-10-20(11-9-17)22-16-24-23(25-22)21-14-12-19(13-15-21)18-6-4-3-5-7-18/h3-16H,2H2,1H3,(H,24,25). The van der Waals surface area contributed by atoms with E-state index in [1.54, 1.807) is 0 Å². The van der Waals surface area contributed by atoms with Gasteiger partial charge in [0.2, 0.25) is 0 Å². The van der Waals surface area contributed by atoms with Crippen molar-refractivity contribution in [2.24, 2.45) is 0 Å². The molecule has 1 aromatic heterocycles. The predicted octanol–water partition coefficient (Wildman–Crippen LogP) is 5.97. The lowest BCUT2D eigenvalue weighted by Crippen LogP contribution is -1.83. The molecular weight excluding hydrogens is 304 g/mol. The Morgan fingerprint density at radius 1 is 0.680 bits per heavy atom. The molecule has 0 amide bonds. The van der Waals surface area contributed by atoms with E-state index in [0.29, 0.717) is 0 Å². The molecule has 4 aromatic rings. The van der Waals surface area contributed by atoms with E-state index in [4.69, 9.17) is 0 Å². The molecule has 0 saturated carbocycles. The quantitative estimate of drug-likeness (QED) is 0.492. The number of rotatable bonds is 4. The molecule has 0 radical (unpaired) electrons. The third kappa shape index (κ3) is 3.24. The number of hydrogen-bond donors (Lipinski definition) is 1. The van der Waals surface area contributed by atoms with Crippen molar-refractivity contribution in [1.29, 1.82) is 0 Å². The molecule has 3 aromatic carbocycles. The highest BCUT2D eigenvalue weighted by Gasteiger charge is 2.06. The van der Waals surface area contributed by atoms with Crippen molar-refractivity contribution in [3.05, 3.63) is 90.6 Å². The summed E-state index contributed by atoms with van der Waals surface area (Å²) in [6.07, 6.45) is 2.96. The summed E-state index contributed by atoms with van der Waals surface area (Å²) in [6, 6.07) is 27.6. The van der Waals surface area contributed by atoms with E-state index >= 15 is 0 Å². The van der Waals surface area contributed by atoms with Gasteiger partial charge in [0, 0.05) is 5.56 Å². The van der Waals surface area contributed by atoms with Gasteiger partial charge in [-0.1, -0.05) is 85.8 Å². The Morgan fingerprint density at radius 3 is 1.96 bits per heavy atom. The largest absolute Gasteiger partial charge is 0.338 e. The summed E-state index contributed by atoms with van der Waals surface area (Å²) in [7, 11) is 0. The van der Waals surface area contributed by atoms with Gasteiger partial charge in [-0.25, -0.2) is 4.98 Å². The first-order chi connectivity index (χ1) is 12.3. The van der Waals surface area contributed by atoms with E-state index in [0.717, 1.165) is 29.1 Å². The van der Waals surface area contributed by atoms with Crippen LogP contribution in [0.15, 0.2) is 85.1 Å². The summed E-state index contributed by atoms with van der Waals surface area (Å²) < 4.78 is 0. The summed E-state index contributed by atoms with van der Waals surface area (Å²) in [4.78, 5) is 7.98. The van der Waals surface area contributed by atoms with E-state index in [1.165, 1.54) is 16.7 Å². The molecule has 4 rings (SSSR count). The Bertz CT molecular complexity index is 949. The maximum Gasteiger partial charge on any atom is 0.137 e. The Labute approximate surface area is 148 Å². The molecule has 0 unspecified atom stereocenters. The second kappa shape index (κ2) is 6.78. The average molecular weight is 324 g/mol. The lowest BCUT2D eigenvalue weighted by Gasteiger charge is -2.03. The number of aromatic amines is 1. The summed E-state index contributed by atoms with van der Waals surface area (Å²) in [6.45, 7) is 2.17. The topological polar surface area (TPSA) is 28.7 Å². The normalized spacial score (nSPS) is 10.8. The molecule has 0 aliphatic carbocycles. The Balaban J connectivity index is 1.59.